The SMILES string of the molecule is CSCC[C@@H](NC(=O)c1c(C)n[nH]c1C)C(=O)O. The molecule has 1 heterocycles. The predicted molar refractivity (Wildman–Crippen MR) is 70.0 cm³/mol. The van der Waals surface area contributed by atoms with Crippen molar-refractivity contribution in [3.8, 4) is 0 Å². The van der Waals surface area contributed by atoms with Crippen molar-refractivity contribution in [2.24, 2.45) is 0 Å². The fourth-order valence-electron chi connectivity index (χ4n) is 1.61. The Hall–Kier alpha value is -1.50. The van der Waals surface area contributed by atoms with Gasteiger partial charge in [0.15, 0.2) is 0 Å². The van der Waals surface area contributed by atoms with E-state index in [0.29, 0.717) is 29.1 Å². The summed E-state index contributed by atoms with van der Waals surface area (Å²) in [5.41, 5.74) is 1.63. The van der Waals surface area contributed by atoms with Crippen molar-refractivity contribution in [1.29, 1.82) is 0 Å². The van der Waals surface area contributed by atoms with Gasteiger partial charge in [0, 0.05) is 5.69 Å². The average Bonchev–Trinajstić information content (AvgIpc) is 2.63. The van der Waals surface area contributed by atoms with Crippen LogP contribution in [0.2, 0.25) is 0 Å². The van der Waals surface area contributed by atoms with Gasteiger partial charge in [0.1, 0.15) is 6.04 Å². The zero-order valence-electron chi connectivity index (χ0n) is 10.6. The van der Waals surface area contributed by atoms with Crippen molar-refractivity contribution in [1.82, 2.24) is 15.5 Å². The molecule has 1 amide bonds. The van der Waals surface area contributed by atoms with Crippen molar-refractivity contribution in [2.75, 3.05) is 12.0 Å². The summed E-state index contributed by atoms with van der Waals surface area (Å²) in [6, 6.07) is -0.862. The van der Waals surface area contributed by atoms with Gasteiger partial charge in [-0.25, -0.2) is 4.79 Å². The molecular formula is C11H17N3O3S. The van der Waals surface area contributed by atoms with E-state index in [0.717, 1.165) is 0 Å². The lowest BCUT2D eigenvalue weighted by Crippen LogP contribution is -2.41. The van der Waals surface area contributed by atoms with Crippen molar-refractivity contribution in [3.63, 3.8) is 0 Å². The molecule has 6 nitrogen and oxygen atoms in total. The number of nitrogens with zero attached hydrogens (tertiary/aromatic N) is 1. The highest BCUT2D eigenvalue weighted by Crippen LogP contribution is 2.10. The number of nitrogens with one attached hydrogen (secondary N) is 2. The van der Waals surface area contributed by atoms with Gasteiger partial charge in [-0.15, -0.1) is 0 Å². The van der Waals surface area contributed by atoms with E-state index in [1.54, 1.807) is 25.6 Å². The van der Waals surface area contributed by atoms with E-state index < -0.39 is 17.9 Å². The molecule has 1 aromatic rings. The summed E-state index contributed by atoms with van der Waals surface area (Å²) in [5, 5.41) is 18.2. The van der Waals surface area contributed by atoms with Crippen LogP contribution in [0.5, 0.6) is 0 Å². The van der Waals surface area contributed by atoms with E-state index in [1.165, 1.54) is 0 Å². The maximum Gasteiger partial charge on any atom is 0.326 e. The quantitative estimate of drug-likeness (QED) is 0.716. The van der Waals surface area contributed by atoms with Crippen LogP contribution in [0.15, 0.2) is 0 Å². The third-order valence-corrected chi connectivity index (χ3v) is 3.21. The fourth-order valence-corrected chi connectivity index (χ4v) is 2.08. The van der Waals surface area contributed by atoms with Crippen molar-refractivity contribution in [3.05, 3.63) is 17.0 Å². The Labute approximate surface area is 110 Å². The minimum atomic E-state index is -1.02. The van der Waals surface area contributed by atoms with E-state index in [9.17, 15) is 9.59 Å². The molecule has 0 unspecified atom stereocenters. The molecule has 1 atom stereocenters. The van der Waals surface area contributed by atoms with Crippen molar-refractivity contribution in [2.45, 2.75) is 26.3 Å². The summed E-state index contributed by atoms with van der Waals surface area (Å²) in [6.07, 6.45) is 2.29. The minimum absolute atomic E-state index is 0.396. The second-order valence-electron chi connectivity index (χ2n) is 3.95. The highest BCUT2D eigenvalue weighted by Gasteiger charge is 2.23. The average molecular weight is 271 g/mol. The smallest absolute Gasteiger partial charge is 0.326 e. The van der Waals surface area contributed by atoms with Gasteiger partial charge in [-0.1, -0.05) is 0 Å². The van der Waals surface area contributed by atoms with Crippen LogP contribution < -0.4 is 5.32 Å². The third kappa shape index (κ3) is 3.49. The number of carboxylic acid groups (broad SMARTS) is 1. The molecule has 7 heteroatoms. The molecule has 0 radical (unpaired) electrons. The van der Waals surface area contributed by atoms with Crippen LogP contribution in [0, 0.1) is 13.8 Å². The Kier molecular flexibility index (Phi) is 5.21. The molecule has 0 saturated carbocycles. The molecule has 0 saturated heterocycles. The number of carboxylic acids is 1. The van der Waals surface area contributed by atoms with Crippen LogP contribution in [0.3, 0.4) is 0 Å². The number of aliphatic carboxylic acids is 1. The minimum Gasteiger partial charge on any atom is -0.480 e. The van der Waals surface area contributed by atoms with Crippen LogP contribution in [-0.2, 0) is 4.79 Å². The van der Waals surface area contributed by atoms with Gasteiger partial charge >= 0.3 is 5.97 Å². The molecule has 0 fully saturated rings. The zero-order chi connectivity index (χ0) is 13.7. The van der Waals surface area contributed by atoms with E-state index >= 15 is 0 Å². The number of carbonyl (C=O) groups excluding carboxylic acids is 1. The number of aryl methyl sites for hydroxylation is 2. The van der Waals surface area contributed by atoms with E-state index in [1.807, 2.05) is 6.26 Å². The Balaban J connectivity index is 2.75. The maximum atomic E-state index is 12.0. The largest absolute Gasteiger partial charge is 0.480 e. The topological polar surface area (TPSA) is 95.1 Å². The number of thioether (sulfide) groups is 1. The van der Waals surface area contributed by atoms with Gasteiger partial charge in [0.2, 0.25) is 0 Å². The molecule has 1 rings (SSSR count). The van der Waals surface area contributed by atoms with Crippen LogP contribution in [0.1, 0.15) is 28.2 Å². The van der Waals surface area contributed by atoms with Crippen LogP contribution in [-0.4, -0.2) is 45.2 Å². The van der Waals surface area contributed by atoms with Gasteiger partial charge in [-0.2, -0.15) is 16.9 Å². The van der Waals surface area contributed by atoms with Gasteiger partial charge in [-0.05, 0) is 32.3 Å². The first-order chi connectivity index (χ1) is 8.47. The van der Waals surface area contributed by atoms with Gasteiger partial charge < -0.3 is 10.4 Å². The molecule has 18 heavy (non-hydrogen) atoms. The molecule has 0 aliphatic heterocycles. The second-order valence-corrected chi connectivity index (χ2v) is 4.94. The molecule has 0 aliphatic carbocycles. The lowest BCUT2D eigenvalue weighted by Gasteiger charge is -2.13. The lowest BCUT2D eigenvalue weighted by atomic mass is 10.1. The Morgan fingerprint density at radius 2 is 2.17 bits per heavy atom. The van der Waals surface area contributed by atoms with E-state index in [4.69, 9.17) is 5.11 Å². The summed E-state index contributed by atoms with van der Waals surface area (Å²) < 4.78 is 0. The molecule has 0 aromatic carbocycles. The number of carbonyl (C=O) groups is 2. The van der Waals surface area contributed by atoms with Crippen molar-refractivity contribution >= 4 is 23.6 Å². The zero-order valence-corrected chi connectivity index (χ0v) is 11.4. The van der Waals surface area contributed by atoms with Gasteiger partial charge in [-0.3, -0.25) is 9.89 Å². The number of rotatable bonds is 6. The first kappa shape index (κ1) is 14.6. The molecule has 0 bridgehead atoms. The molecule has 3 N–H and O–H groups in total. The van der Waals surface area contributed by atoms with Gasteiger partial charge in [0.25, 0.3) is 5.91 Å². The standard InChI is InChI=1S/C11H17N3O3S/c1-6-9(7(2)14-13-6)10(15)12-8(11(16)17)4-5-18-3/h8H,4-5H2,1-3H3,(H,12,15)(H,13,14)(H,16,17)/t8-/m1/s1. The van der Waals surface area contributed by atoms with Crippen LogP contribution >= 0.6 is 11.8 Å². The lowest BCUT2D eigenvalue weighted by molar-refractivity contribution is -0.139. The summed E-state index contributed by atoms with van der Waals surface area (Å²) in [6.45, 7) is 3.43. The van der Waals surface area contributed by atoms with E-state index in [2.05, 4.69) is 15.5 Å². The molecule has 0 aliphatic rings. The Bertz CT molecular complexity index is 425. The highest BCUT2D eigenvalue weighted by atomic mass is 32.2. The molecule has 0 spiro atoms. The van der Waals surface area contributed by atoms with Crippen LogP contribution in [0.25, 0.3) is 0 Å². The summed E-state index contributed by atoms with van der Waals surface area (Å²) in [4.78, 5) is 23.0. The third-order valence-electron chi connectivity index (χ3n) is 2.57. The van der Waals surface area contributed by atoms with Crippen molar-refractivity contribution < 1.29 is 14.7 Å². The first-order valence-electron chi connectivity index (χ1n) is 5.51. The Morgan fingerprint density at radius 1 is 1.50 bits per heavy atom. The second kappa shape index (κ2) is 6.44. The summed E-state index contributed by atoms with van der Waals surface area (Å²) in [7, 11) is 0. The first-order valence-corrected chi connectivity index (χ1v) is 6.91. The number of amides is 1. The summed E-state index contributed by atoms with van der Waals surface area (Å²) >= 11 is 1.55. The fraction of sp³-hybridized carbons (Fsp3) is 0.545. The Morgan fingerprint density at radius 3 is 2.61 bits per heavy atom. The highest BCUT2D eigenvalue weighted by molar-refractivity contribution is 7.98. The van der Waals surface area contributed by atoms with E-state index in [-0.39, 0.29) is 0 Å². The normalized spacial score (nSPS) is 12.2. The molecule has 100 valence electrons. The number of aromatic amines is 1. The number of H-pyrrole nitrogens is 1. The number of hydrogen-bond acceptors (Lipinski definition) is 4. The van der Waals surface area contributed by atoms with Crippen LogP contribution in [0.4, 0.5) is 0 Å². The number of aromatic nitrogens is 2. The number of hydrogen-bond donors (Lipinski definition) is 3. The monoisotopic (exact) mass is 271 g/mol. The predicted octanol–water partition coefficient (Wildman–Crippen LogP) is 0.963. The van der Waals surface area contributed by atoms with Gasteiger partial charge in [0.05, 0.1) is 11.3 Å². The molecular weight excluding hydrogens is 254 g/mol. The molecule has 1 aromatic heterocycles. The maximum absolute atomic E-state index is 12.0. The summed E-state index contributed by atoms with van der Waals surface area (Å²) in [5.74, 6) is -0.732.